The molecule has 2 atom stereocenters. The molecule has 17 heavy (non-hydrogen) atoms. The third-order valence-corrected chi connectivity index (χ3v) is 4.03. The predicted molar refractivity (Wildman–Crippen MR) is 66.8 cm³/mol. The lowest BCUT2D eigenvalue weighted by molar-refractivity contribution is 0.204. The van der Waals surface area contributed by atoms with E-state index in [2.05, 4.69) is 24.0 Å². The summed E-state index contributed by atoms with van der Waals surface area (Å²) in [6.45, 7) is 6.51. The predicted octanol–water partition coefficient (Wildman–Crippen LogP) is 2.12. The number of para-hydroxylation sites is 1. The van der Waals surface area contributed by atoms with Crippen molar-refractivity contribution < 1.29 is 9.47 Å². The molecule has 0 aliphatic carbocycles. The molecule has 0 N–H and O–H groups in total. The first-order chi connectivity index (χ1) is 8.33. The Labute approximate surface area is 102 Å². The summed E-state index contributed by atoms with van der Waals surface area (Å²) in [4.78, 5) is 2.51. The molecule has 0 radical (unpaired) electrons. The van der Waals surface area contributed by atoms with Gasteiger partial charge < -0.3 is 14.4 Å². The molecular weight excluding hydrogens is 214 g/mol. The number of hydrogen-bond donors (Lipinski definition) is 0. The van der Waals surface area contributed by atoms with Gasteiger partial charge >= 0.3 is 0 Å². The molecule has 92 valence electrons. The van der Waals surface area contributed by atoms with Crippen LogP contribution in [0.5, 0.6) is 11.5 Å². The Bertz CT molecular complexity index is 419. The second-order valence-corrected chi connectivity index (χ2v) is 4.91. The highest BCUT2D eigenvalue weighted by Gasteiger charge is 2.38. The minimum Gasteiger partial charge on any atom is -0.493 e. The third-order valence-electron chi connectivity index (χ3n) is 4.03. The van der Waals surface area contributed by atoms with Crippen molar-refractivity contribution in [2.45, 2.75) is 12.8 Å². The minimum absolute atomic E-state index is 0.619. The molecule has 1 aromatic carbocycles. The molecule has 0 saturated carbocycles. The smallest absolute Gasteiger partial charge is 0.164 e. The molecule has 3 rings (SSSR count). The van der Waals surface area contributed by atoms with E-state index in [9.17, 15) is 0 Å². The Morgan fingerprint density at radius 2 is 2.29 bits per heavy atom. The summed E-state index contributed by atoms with van der Waals surface area (Å²) in [6.07, 6.45) is 0. The maximum atomic E-state index is 5.90. The topological polar surface area (TPSA) is 21.7 Å². The molecule has 1 saturated heterocycles. The van der Waals surface area contributed by atoms with Crippen molar-refractivity contribution in [3.8, 4) is 11.5 Å². The maximum absolute atomic E-state index is 5.90. The van der Waals surface area contributed by atoms with Gasteiger partial charge in [0.2, 0.25) is 0 Å². The second kappa shape index (κ2) is 4.22. The molecule has 0 bridgehead atoms. The first-order valence-corrected chi connectivity index (χ1v) is 6.35. The summed E-state index contributed by atoms with van der Waals surface area (Å²) in [5, 5.41) is 0. The van der Waals surface area contributed by atoms with Crippen LogP contribution in [0.25, 0.3) is 0 Å². The number of likely N-dealkylation sites (tertiary alicyclic amines) is 1. The van der Waals surface area contributed by atoms with Gasteiger partial charge in [0.25, 0.3) is 0 Å². The zero-order valence-electron chi connectivity index (χ0n) is 10.5. The number of rotatable bonds is 2. The van der Waals surface area contributed by atoms with Crippen LogP contribution in [-0.2, 0) is 0 Å². The van der Waals surface area contributed by atoms with Crippen LogP contribution in [0.1, 0.15) is 18.4 Å². The summed E-state index contributed by atoms with van der Waals surface area (Å²) in [7, 11) is 1.71. The molecule has 2 heterocycles. The lowest BCUT2D eigenvalue weighted by atomic mass is 9.87. The fraction of sp³-hybridized carbons (Fsp3) is 0.571. The molecular formula is C14H19NO2. The van der Waals surface area contributed by atoms with Crippen molar-refractivity contribution in [3.05, 3.63) is 23.8 Å². The largest absolute Gasteiger partial charge is 0.493 e. The van der Waals surface area contributed by atoms with E-state index in [1.807, 2.05) is 6.07 Å². The molecule has 0 spiro atoms. The van der Waals surface area contributed by atoms with E-state index in [1.54, 1.807) is 7.11 Å². The van der Waals surface area contributed by atoms with Crippen molar-refractivity contribution in [2.24, 2.45) is 5.92 Å². The summed E-state index contributed by atoms with van der Waals surface area (Å²) < 4.78 is 11.3. The number of hydrogen-bond acceptors (Lipinski definition) is 3. The SMILES string of the molecule is CCN1C[C@@H]2COc3c(OC)cccc3[C@@H]2C1. The van der Waals surface area contributed by atoms with Crippen molar-refractivity contribution in [1.29, 1.82) is 0 Å². The van der Waals surface area contributed by atoms with Gasteiger partial charge in [0, 0.05) is 30.5 Å². The molecule has 1 aromatic rings. The molecule has 0 amide bonds. The van der Waals surface area contributed by atoms with Crippen LogP contribution >= 0.6 is 0 Å². The van der Waals surface area contributed by atoms with E-state index in [-0.39, 0.29) is 0 Å². The summed E-state index contributed by atoms with van der Waals surface area (Å²) >= 11 is 0. The average molecular weight is 233 g/mol. The van der Waals surface area contributed by atoms with Gasteiger partial charge in [-0.2, -0.15) is 0 Å². The first-order valence-electron chi connectivity index (χ1n) is 6.35. The fourth-order valence-corrected chi connectivity index (χ4v) is 3.07. The van der Waals surface area contributed by atoms with Crippen LogP contribution in [0, 0.1) is 5.92 Å². The fourth-order valence-electron chi connectivity index (χ4n) is 3.07. The van der Waals surface area contributed by atoms with Crippen LogP contribution in [0.2, 0.25) is 0 Å². The molecule has 0 aromatic heterocycles. The lowest BCUT2D eigenvalue weighted by Gasteiger charge is -2.28. The number of nitrogens with zero attached hydrogens (tertiary/aromatic N) is 1. The van der Waals surface area contributed by atoms with Crippen LogP contribution in [-0.4, -0.2) is 38.3 Å². The van der Waals surface area contributed by atoms with Crippen LogP contribution < -0.4 is 9.47 Å². The lowest BCUT2D eigenvalue weighted by Crippen LogP contribution is -2.25. The Kier molecular flexibility index (Phi) is 2.71. The molecule has 3 heteroatoms. The molecule has 2 aliphatic rings. The summed E-state index contributed by atoms with van der Waals surface area (Å²) in [5.41, 5.74) is 1.33. The van der Waals surface area contributed by atoms with Gasteiger partial charge in [-0.1, -0.05) is 19.1 Å². The standard InChI is InChI=1S/C14H19NO2/c1-3-15-7-10-9-17-14-11(12(10)8-15)5-4-6-13(14)16-2/h4-6,10,12H,3,7-9H2,1-2H3/t10-,12-/m1/s1. The van der Waals surface area contributed by atoms with Gasteiger partial charge in [-0.25, -0.2) is 0 Å². The minimum atomic E-state index is 0.619. The van der Waals surface area contributed by atoms with Crippen molar-refractivity contribution in [3.63, 3.8) is 0 Å². The highest BCUT2D eigenvalue weighted by molar-refractivity contribution is 5.50. The Hall–Kier alpha value is -1.22. The van der Waals surface area contributed by atoms with Gasteiger partial charge in [-0.05, 0) is 12.6 Å². The van der Waals surface area contributed by atoms with Crippen molar-refractivity contribution >= 4 is 0 Å². The quantitative estimate of drug-likeness (QED) is 0.781. The van der Waals surface area contributed by atoms with E-state index < -0.39 is 0 Å². The number of likely N-dealkylation sites (N-methyl/N-ethyl adjacent to an activating group) is 1. The second-order valence-electron chi connectivity index (χ2n) is 4.91. The number of fused-ring (bicyclic) bond motifs is 3. The number of benzene rings is 1. The zero-order valence-corrected chi connectivity index (χ0v) is 10.5. The molecule has 1 fully saturated rings. The zero-order chi connectivity index (χ0) is 11.8. The van der Waals surface area contributed by atoms with Crippen LogP contribution in [0.3, 0.4) is 0 Å². The first kappa shape index (κ1) is 10.9. The van der Waals surface area contributed by atoms with E-state index in [1.165, 1.54) is 5.56 Å². The number of ether oxygens (including phenoxy) is 2. The molecule has 0 unspecified atom stereocenters. The highest BCUT2D eigenvalue weighted by atomic mass is 16.5. The van der Waals surface area contributed by atoms with Gasteiger partial charge in [0.05, 0.1) is 13.7 Å². The van der Waals surface area contributed by atoms with Gasteiger partial charge in [0.15, 0.2) is 11.5 Å². The van der Waals surface area contributed by atoms with Crippen LogP contribution in [0.4, 0.5) is 0 Å². The summed E-state index contributed by atoms with van der Waals surface area (Å²) in [6, 6.07) is 6.23. The Morgan fingerprint density at radius 3 is 3.06 bits per heavy atom. The Morgan fingerprint density at radius 1 is 1.41 bits per heavy atom. The van der Waals surface area contributed by atoms with Gasteiger partial charge in [-0.15, -0.1) is 0 Å². The van der Waals surface area contributed by atoms with Crippen molar-refractivity contribution in [1.82, 2.24) is 4.90 Å². The maximum Gasteiger partial charge on any atom is 0.164 e. The highest BCUT2D eigenvalue weighted by Crippen LogP contribution is 2.45. The normalized spacial score (nSPS) is 27.2. The summed E-state index contributed by atoms with van der Waals surface area (Å²) in [5.74, 6) is 3.11. The molecule has 2 aliphatic heterocycles. The Balaban J connectivity index is 1.97. The number of methoxy groups -OCH3 is 1. The van der Waals surface area contributed by atoms with Gasteiger partial charge in [-0.3, -0.25) is 0 Å². The van der Waals surface area contributed by atoms with Gasteiger partial charge in [0.1, 0.15) is 0 Å². The average Bonchev–Trinajstić information content (AvgIpc) is 2.81. The van der Waals surface area contributed by atoms with E-state index in [0.717, 1.165) is 37.7 Å². The third kappa shape index (κ3) is 1.69. The van der Waals surface area contributed by atoms with E-state index in [4.69, 9.17) is 9.47 Å². The van der Waals surface area contributed by atoms with E-state index >= 15 is 0 Å². The van der Waals surface area contributed by atoms with Crippen LogP contribution in [0.15, 0.2) is 18.2 Å². The van der Waals surface area contributed by atoms with Crippen molar-refractivity contribution in [2.75, 3.05) is 33.4 Å². The molecule has 3 nitrogen and oxygen atoms in total. The monoisotopic (exact) mass is 233 g/mol. The van der Waals surface area contributed by atoms with E-state index in [0.29, 0.717) is 11.8 Å².